The van der Waals surface area contributed by atoms with Gasteiger partial charge in [0.15, 0.2) is 11.6 Å². The Balaban J connectivity index is 1.91. The predicted octanol–water partition coefficient (Wildman–Crippen LogP) is 2.71. The number of hydrogen-bond donors (Lipinski definition) is 1. The molecular weight excluding hydrogens is 283 g/mol. The number of halogens is 1. The van der Waals surface area contributed by atoms with Gasteiger partial charge in [-0.1, -0.05) is 18.9 Å². The molecule has 0 aliphatic heterocycles. The van der Waals surface area contributed by atoms with Crippen molar-refractivity contribution in [3.8, 4) is 5.75 Å². The predicted molar refractivity (Wildman–Crippen MR) is 84.3 cm³/mol. The molecule has 1 atom stereocenters. The second-order valence-electron chi connectivity index (χ2n) is 6.05. The minimum atomic E-state index is -0.378. The van der Waals surface area contributed by atoms with Crippen LogP contribution >= 0.6 is 0 Å². The number of methoxy groups -OCH3 is 1. The van der Waals surface area contributed by atoms with Crippen LogP contribution in [-0.2, 0) is 11.3 Å². The first-order valence-corrected chi connectivity index (χ1v) is 7.84. The third-order valence-corrected chi connectivity index (χ3v) is 4.39. The van der Waals surface area contributed by atoms with Gasteiger partial charge in [0, 0.05) is 12.6 Å². The van der Waals surface area contributed by atoms with Crippen molar-refractivity contribution in [1.82, 2.24) is 10.2 Å². The van der Waals surface area contributed by atoms with Crippen molar-refractivity contribution in [2.75, 3.05) is 14.2 Å². The van der Waals surface area contributed by atoms with Gasteiger partial charge in [0.25, 0.3) is 0 Å². The third kappa shape index (κ3) is 4.19. The number of nitrogens with one attached hydrogen (secondary N) is 1. The molecule has 1 aliphatic carbocycles. The van der Waals surface area contributed by atoms with Crippen molar-refractivity contribution in [3.05, 3.63) is 29.6 Å². The highest BCUT2D eigenvalue weighted by molar-refractivity contribution is 5.81. The Kier molecular flexibility index (Phi) is 5.77. The fraction of sp³-hybridized carbons (Fsp3) is 0.588. The monoisotopic (exact) mass is 308 g/mol. The van der Waals surface area contributed by atoms with Crippen molar-refractivity contribution in [2.24, 2.45) is 0 Å². The minimum Gasteiger partial charge on any atom is -0.494 e. The van der Waals surface area contributed by atoms with E-state index in [1.54, 1.807) is 6.07 Å². The Morgan fingerprint density at radius 2 is 2.14 bits per heavy atom. The molecule has 1 amide bonds. The molecule has 1 unspecified atom stereocenters. The molecule has 5 heteroatoms. The molecule has 2 rings (SSSR count). The molecular formula is C17H25FN2O2. The van der Waals surface area contributed by atoms with Crippen LogP contribution in [0.4, 0.5) is 4.39 Å². The fourth-order valence-electron chi connectivity index (χ4n) is 2.83. The van der Waals surface area contributed by atoms with Crippen LogP contribution < -0.4 is 10.1 Å². The molecule has 0 saturated heterocycles. The minimum absolute atomic E-state index is 0.0448. The molecule has 1 aromatic rings. The van der Waals surface area contributed by atoms with Gasteiger partial charge in [-0.25, -0.2) is 4.39 Å². The van der Waals surface area contributed by atoms with Crippen LogP contribution in [0, 0.1) is 5.82 Å². The van der Waals surface area contributed by atoms with E-state index in [9.17, 15) is 9.18 Å². The number of rotatable bonds is 6. The molecule has 4 nitrogen and oxygen atoms in total. The van der Waals surface area contributed by atoms with E-state index < -0.39 is 0 Å². The van der Waals surface area contributed by atoms with Crippen molar-refractivity contribution in [3.63, 3.8) is 0 Å². The highest BCUT2D eigenvalue weighted by Gasteiger charge is 2.23. The summed E-state index contributed by atoms with van der Waals surface area (Å²) in [6, 6.07) is 4.96. The van der Waals surface area contributed by atoms with Gasteiger partial charge in [0.05, 0.1) is 13.2 Å². The molecule has 1 N–H and O–H groups in total. The van der Waals surface area contributed by atoms with Crippen LogP contribution in [0.25, 0.3) is 0 Å². The average Bonchev–Trinajstić information content (AvgIpc) is 2.99. The van der Waals surface area contributed by atoms with Gasteiger partial charge >= 0.3 is 0 Å². The molecule has 122 valence electrons. The first-order chi connectivity index (χ1) is 10.5. The Morgan fingerprint density at radius 3 is 2.73 bits per heavy atom. The number of carbonyl (C=O) groups is 1. The number of carbonyl (C=O) groups excluding carboxylic acids is 1. The summed E-state index contributed by atoms with van der Waals surface area (Å²) in [5.74, 6) is -0.0988. The standard InChI is InChI=1S/C17H25FN2O2/c1-12(17(21)19-14-6-4-5-7-14)20(2)11-13-8-9-16(22-3)15(18)10-13/h8-10,12,14H,4-7,11H2,1-3H3,(H,19,21). The van der Waals surface area contributed by atoms with E-state index in [-0.39, 0.29) is 23.5 Å². The van der Waals surface area contributed by atoms with E-state index in [1.807, 2.05) is 24.9 Å². The Hall–Kier alpha value is -1.62. The van der Waals surface area contributed by atoms with Crippen molar-refractivity contribution in [2.45, 2.75) is 51.2 Å². The summed E-state index contributed by atoms with van der Waals surface area (Å²) >= 11 is 0. The zero-order valence-electron chi connectivity index (χ0n) is 13.6. The number of hydrogen-bond acceptors (Lipinski definition) is 3. The maximum atomic E-state index is 13.7. The van der Waals surface area contributed by atoms with Gasteiger partial charge < -0.3 is 10.1 Å². The van der Waals surface area contributed by atoms with E-state index in [0.717, 1.165) is 18.4 Å². The SMILES string of the molecule is COc1ccc(CN(C)C(C)C(=O)NC2CCCC2)cc1F. The second-order valence-corrected chi connectivity index (χ2v) is 6.05. The Morgan fingerprint density at radius 1 is 1.45 bits per heavy atom. The van der Waals surface area contributed by atoms with Crippen molar-refractivity contribution >= 4 is 5.91 Å². The molecule has 0 heterocycles. The van der Waals surface area contributed by atoms with Crippen LogP contribution in [0.3, 0.4) is 0 Å². The fourth-order valence-corrected chi connectivity index (χ4v) is 2.83. The van der Waals surface area contributed by atoms with E-state index in [4.69, 9.17) is 4.74 Å². The number of benzene rings is 1. The van der Waals surface area contributed by atoms with Gasteiger partial charge in [0.1, 0.15) is 0 Å². The molecule has 22 heavy (non-hydrogen) atoms. The Bertz CT molecular complexity index is 515. The van der Waals surface area contributed by atoms with Crippen LogP contribution in [-0.4, -0.2) is 37.0 Å². The molecule has 1 saturated carbocycles. The molecule has 0 aromatic heterocycles. The summed E-state index contributed by atoms with van der Waals surface area (Å²) in [5, 5.41) is 3.10. The largest absolute Gasteiger partial charge is 0.494 e. The lowest BCUT2D eigenvalue weighted by atomic mass is 10.1. The lowest BCUT2D eigenvalue weighted by molar-refractivity contribution is -0.126. The summed E-state index contributed by atoms with van der Waals surface area (Å²) in [6.45, 7) is 2.39. The van der Waals surface area contributed by atoms with Crippen LogP contribution in [0.1, 0.15) is 38.2 Å². The van der Waals surface area contributed by atoms with Crippen LogP contribution in [0.15, 0.2) is 18.2 Å². The smallest absolute Gasteiger partial charge is 0.237 e. The van der Waals surface area contributed by atoms with Gasteiger partial charge in [-0.05, 0) is 44.5 Å². The lowest BCUT2D eigenvalue weighted by Crippen LogP contribution is -2.46. The Labute approximate surface area is 131 Å². The first-order valence-electron chi connectivity index (χ1n) is 7.84. The van der Waals surface area contributed by atoms with E-state index in [1.165, 1.54) is 26.0 Å². The zero-order valence-corrected chi connectivity index (χ0v) is 13.6. The van der Waals surface area contributed by atoms with Crippen molar-refractivity contribution < 1.29 is 13.9 Å². The van der Waals surface area contributed by atoms with Gasteiger partial charge in [-0.3, -0.25) is 9.69 Å². The topological polar surface area (TPSA) is 41.6 Å². The highest BCUT2D eigenvalue weighted by atomic mass is 19.1. The van der Waals surface area contributed by atoms with Gasteiger partial charge in [-0.2, -0.15) is 0 Å². The molecule has 1 aromatic carbocycles. The summed E-state index contributed by atoms with van der Waals surface area (Å²) < 4.78 is 18.6. The van der Waals surface area contributed by atoms with Crippen molar-refractivity contribution in [1.29, 1.82) is 0 Å². The third-order valence-electron chi connectivity index (χ3n) is 4.39. The first kappa shape index (κ1) is 16.7. The normalized spacial score (nSPS) is 16.8. The van der Waals surface area contributed by atoms with E-state index in [0.29, 0.717) is 12.6 Å². The maximum absolute atomic E-state index is 13.7. The number of likely N-dealkylation sites (N-methyl/N-ethyl adjacent to an activating group) is 1. The molecule has 0 radical (unpaired) electrons. The van der Waals surface area contributed by atoms with Crippen LogP contribution in [0.2, 0.25) is 0 Å². The molecule has 1 aliphatic rings. The summed E-state index contributed by atoms with van der Waals surface area (Å²) in [4.78, 5) is 14.2. The van der Waals surface area contributed by atoms with Gasteiger partial charge in [0.2, 0.25) is 5.91 Å². The van der Waals surface area contributed by atoms with Crippen LogP contribution in [0.5, 0.6) is 5.75 Å². The molecule has 1 fully saturated rings. The quantitative estimate of drug-likeness (QED) is 0.878. The number of amides is 1. The summed E-state index contributed by atoms with van der Waals surface area (Å²) in [7, 11) is 3.32. The second kappa shape index (κ2) is 7.58. The maximum Gasteiger partial charge on any atom is 0.237 e. The van der Waals surface area contributed by atoms with Gasteiger partial charge in [-0.15, -0.1) is 0 Å². The number of nitrogens with zero attached hydrogens (tertiary/aromatic N) is 1. The average molecular weight is 308 g/mol. The zero-order chi connectivity index (χ0) is 16.1. The summed E-state index contributed by atoms with van der Waals surface area (Å²) in [6.07, 6.45) is 4.54. The van der Waals surface area contributed by atoms with E-state index in [2.05, 4.69) is 5.32 Å². The molecule has 0 bridgehead atoms. The highest BCUT2D eigenvalue weighted by Crippen LogP contribution is 2.20. The van der Waals surface area contributed by atoms with E-state index >= 15 is 0 Å². The lowest BCUT2D eigenvalue weighted by Gasteiger charge is -2.25. The summed E-state index contributed by atoms with van der Waals surface area (Å²) in [5.41, 5.74) is 0.821. The molecule has 0 spiro atoms. The number of ether oxygens (including phenoxy) is 1.